The number of anilines is 1. The Labute approximate surface area is 189 Å². The highest BCUT2D eigenvalue weighted by molar-refractivity contribution is 6.35. The Morgan fingerprint density at radius 3 is 1.90 bits per heavy atom. The second-order valence-corrected chi connectivity index (χ2v) is 8.72. The van der Waals surface area contributed by atoms with E-state index in [9.17, 15) is 9.59 Å². The van der Waals surface area contributed by atoms with Gasteiger partial charge in [-0.2, -0.15) is 0 Å². The number of urea groups is 1. The van der Waals surface area contributed by atoms with Crippen LogP contribution in [-0.4, -0.2) is 17.5 Å². The van der Waals surface area contributed by atoms with Gasteiger partial charge in [-0.25, -0.2) is 9.69 Å². The SMILES string of the molecule is CC1(Cc2ccc(-c3ccc(Cl)cc3)cc2)NC(=O)N(c2cc(Cl)cc(Cl)c2)C1=O. The molecular weight excluding hydrogens is 443 g/mol. The molecule has 1 aliphatic heterocycles. The number of nitrogens with zero attached hydrogens (tertiary/aromatic N) is 1. The maximum atomic E-state index is 13.1. The molecule has 152 valence electrons. The van der Waals surface area contributed by atoms with Gasteiger partial charge in [0.25, 0.3) is 5.91 Å². The Kier molecular flexibility index (Phi) is 5.49. The lowest BCUT2D eigenvalue weighted by Gasteiger charge is -2.22. The summed E-state index contributed by atoms with van der Waals surface area (Å²) >= 11 is 18.0. The van der Waals surface area contributed by atoms with Crippen LogP contribution in [0.4, 0.5) is 10.5 Å². The molecule has 7 heteroatoms. The van der Waals surface area contributed by atoms with Gasteiger partial charge in [0.05, 0.1) is 5.69 Å². The van der Waals surface area contributed by atoms with Gasteiger partial charge in [-0.05, 0) is 53.9 Å². The summed E-state index contributed by atoms with van der Waals surface area (Å²) in [6.45, 7) is 1.71. The minimum Gasteiger partial charge on any atom is -0.323 e. The Bertz CT molecular complexity index is 1110. The van der Waals surface area contributed by atoms with E-state index in [0.717, 1.165) is 21.6 Å². The van der Waals surface area contributed by atoms with Crippen molar-refractivity contribution in [2.45, 2.75) is 18.9 Å². The third-order valence-electron chi connectivity index (χ3n) is 5.06. The van der Waals surface area contributed by atoms with Crippen LogP contribution in [0.1, 0.15) is 12.5 Å². The summed E-state index contributed by atoms with van der Waals surface area (Å²) in [7, 11) is 0. The maximum Gasteiger partial charge on any atom is 0.329 e. The molecule has 1 aliphatic rings. The first kappa shape index (κ1) is 20.7. The largest absolute Gasteiger partial charge is 0.329 e. The number of nitrogens with one attached hydrogen (secondary N) is 1. The summed E-state index contributed by atoms with van der Waals surface area (Å²) in [5.74, 6) is -0.354. The van der Waals surface area contributed by atoms with Gasteiger partial charge in [0, 0.05) is 21.5 Å². The molecule has 3 aromatic carbocycles. The molecule has 4 rings (SSSR count). The summed E-state index contributed by atoms with van der Waals surface area (Å²) < 4.78 is 0. The van der Waals surface area contributed by atoms with Gasteiger partial charge in [-0.3, -0.25) is 4.79 Å². The standard InChI is InChI=1S/C23H17Cl3N2O2/c1-23(13-14-2-4-15(5-3-14)16-6-8-17(24)9-7-16)21(29)28(22(30)27-23)20-11-18(25)10-19(26)12-20/h2-12H,13H2,1H3,(H,27,30). The predicted octanol–water partition coefficient (Wildman–Crippen LogP) is 6.37. The van der Waals surface area contributed by atoms with Gasteiger partial charge in [0.15, 0.2) is 0 Å². The van der Waals surface area contributed by atoms with E-state index in [-0.39, 0.29) is 5.91 Å². The van der Waals surface area contributed by atoms with E-state index in [1.807, 2.05) is 48.5 Å². The summed E-state index contributed by atoms with van der Waals surface area (Å²) in [5, 5.41) is 4.19. The van der Waals surface area contributed by atoms with Crippen molar-refractivity contribution < 1.29 is 9.59 Å². The highest BCUT2D eigenvalue weighted by Crippen LogP contribution is 2.32. The molecule has 0 saturated carbocycles. The fourth-order valence-corrected chi connectivity index (χ4v) is 4.21. The lowest BCUT2D eigenvalue weighted by atomic mass is 9.91. The first-order chi connectivity index (χ1) is 14.2. The summed E-state index contributed by atoms with van der Waals surface area (Å²) in [6.07, 6.45) is 0.350. The molecule has 1 heterocycles. The molecule has 0 spiro atoms. The van der Waals surface area contributed by atoms with Gasteiger partial charge in [-0.15, -0.1) is 0 Å². The zero-order valence-corrected chi connectivity index (χ0v) is 18.2. The molecule has 30 heavy (non-hydrogen) atoms. The average molecular weight is 460 g/mol. The third-order valence-corrected chi connectivity index (χ3v) is 5.74. The third kappa shape index (κ3) is 4.04. The molecule has 4 nitrogen and oxygen atoms in total. The van der Waals surface area contributed by atoms with E-state index in [1.165, 1.54) is 12.1 Å². The molecule has 3 amide bonds. The monoisotopic (exact) mass is 458 g/mol. The van der Waals surface area contributed by atoms with Crippen molar-refractivity contribution in [2.75, 3.05) is 4.90 Å². The molecule has 0 aromatic heterocycles. The van der Waals surface area contributed by atoms with E-state index in [1.54, 1.807) is 13.0 Å². The number of carbonyl (C=O) groups excluding carboxylic acids is 2. The lowest BCUT2D eigenvalue weighted by molar-refractivity contribution is -0.121. The van der Waals surface area contributed by atoms with Gasteiger partial charge in [-0.1, -0.05) is 71.2 Å². The zero-order chi connectivity index (χ0) is 21.5. The molecule has 1 fully saturated rings. The van der Waals surface area contributed by atoms with Gasteiger partial charge >= 0.3 is 6.03 Å². The van der Waals surface area contributed by atoms with E-state index < -0.39 is 11.6 Å². The number of hydrogen-bond donors (Lipinski definition) is 1. The number of rotatable bonds is 4. The zero-order valence-electron chi connectivity index (χ0n) is 16.0. The lowest BCUT2D eigenvalue weighted by Crippen LogP contribution is -2.46. The molecule has 0 bridgehead atoms. The van der Waals surface area contributed by atoms with E-state index in [4.69, 9.17) is 34.8 Å². The van der Waals surface area contributed by atoms with Gasteiger partial charge < -0.3 is 5.32 Å². The van der Waals surface area contributed by atoms with Crippen LogP contribution < -0.4 is 10.2 Å². The molecule has 0 radical (unpaired) electrons. The first-order valence-corrected chi connectivity index (χ1v) is 10.4. The van der Waals surface area contributed by atoms with Gasteiger partial charge in [0.2, 0.25) is 0 Å². The fourth-order valence-electron chi connectivity index (χ4n) is 3.57. The Morgan fingerprint density at radius 1 is 0.800 bits per heavy atom. The Morgan fingerprint density at radius 2 is 1.33 bits per heavy atom. The molecule has 1 atom stereocenters. The van der Waals surface area contributed by atoms with Crippen LogP contribution >= 0.6 is 34.8 Å². The topological polar surface area (TPSA) is 49.4 Å². The minimum absolute atomic E-state index is 0.344. The average Bonchev–Trinajstić information content (AvgIpc) is 2.90. The van der Waals surface area contributed by atoms with Crippen molar-refractivity contribution in [3.8, 4) is 11.1 Å². The van der Waals surface area contributed by atoms with E-state index in [2.05, 4.69) is 5.32 Å². The van der Waals surface area contributed by atoms with Crippen LogP contribution in [-0.2, 0) is 11.2 Å². The summed E-state index contributed by atoms with van der Waals surface area (Å²) in [5.41, 5.74) is 2.28. The number of carbonyl (C=O) groups is 2. The number of benzene rings is 3. The van der Waals surface area contributed by atoms with Crippen molar-refractivity contribution in [1.82, 2.24) is 5.32 Å². The van der Waals surface area contributed by atoms with Crippen LogP contribution in [0.25, 0.3) is 11.1 Å². The Hall–Kier alpha value is -2.53. The fraction of sp³-hybridized carbons (Fsp3) is 0.130. The van der Waals surface area contributed by atoms with Crippen LogP contribution in [0.5, 0.6) is 0 Å². The second kappa shape index (κ2) is 7.95. The highest BCUT2D eigenvalue weighted by atomic mass is 35.5. The normalized spacial score (nSPS) is 18.6. The second-order valence-electron chi connectivity index (χ2n) is 7.41. The number of amides is 3. The van der Waals surface area contributed by atoms with Crippen LogP contribution in [0.15, 0.2) is 66.7 Å². The van der Waals surface area contributed by atoms with Crippen LogP contribution in [0, 0.1) is 0 Å². The molecular formula is C23H17Cl3N2O2. The van der Waals surface area contributed by atoms with Crippen LogP contribution in [0.3, 0.4) is 0 Å². The van der Waals surface area contributed by atoms with Crippen molar-refractivity contribution in [2.24, 2.45) is 0 Å². The molecule has 3 aromatic rings. The predicted molar refractivity (Wildman–Crippen MR) is 121 cm³/mol. The molecule has 1 N–H and O–H groups in total. The number of hydrogen-bond acceptors (Lipinski definition) is 2. The number of imide groups is 1. The van der Waals surface area contributed by atoms with Gasteiger partial charge in [0.1, 0.15) is 5.54 Å². The van der Waals surface area contributed by atoms with E-state index >= 15 is 0 Å². The highest BCUT2D eigenvalue weighted by Gasteiger charge is 2.48. The quantitative estimate of drug-likeness (QED) is 0.461. The summed E-state index contributed by atoms with van der Waals surface area (Å²) in [6, 6.07) is 19.6. The van der Waals surface area contributed by atoms with Crippen molar-refractivity contribution >= 4 is 52.4 Å². The first-order valence-electron chi connectivity index (χ1n) is 9.23. The minimum atomic E-state index is -1.08. The summed E-state index contributed by atoms with van der Waals surface area (Å²) in [4.78, 5) is 26.8. The molecule has 1 saturated heterocycles. The molecule has 1 unspecified atom stereocenters. The van der Waals surface area contributed by atoms with E-state index in [0.29, 0.717) is 27.2 Å². The van der Waals surface area contributed by atoms with Crippen molar-refractivity contribution in [3.05, 3.63) is 87.4 Å². The molecule has 0 aliphatic carbocycles. The van der Waals surface area contributed by atoms with Crippen molar-refractivity contribution in [1.29, 1.82) is 0 Å². The maximum absolute atomic E-state index is 13.1. The van der Waals surface area contributed by atoms with Crippen LogP contribution in [0.2, 0.25) is 15.1 Å². The smallest absolute Gasteiger partial charge is 0.323 e. The number of halogens is 3. The Balaban J connectivity index is 1.56. The van der Waals surface area contributed by atoms with Crippen molar-refractivity contribution in [3.63, 3.8) is 0 Å².